The van der Waals surface area contributed by atoms with Crippen LogP contribution in [0, 0.1) is 0 Å². The van der Waals surface area contributed by atoms with E-state index in [1.807, 2.05) is 0 Å². The van der Waals surface area contributed by atoms with Crippen LogP contribution in [0.1, 0.15) is 6.92 Å². The number of carbonyl (C=O) groups is 1. The standard InChI is InChI=1S/C12H17ClN2O3/c1-7(14-2)12(16)15-9-6-10(17-3)8(13)5-11(9)18-4/h5-7,14H,1-4H3,(H,15,16). The van der Waals surface area contributed by atoms with Gasteiger partial charge in [0.15, 0.2) is 0 Å². The molecule has 1 rings (SSSR count). The summed E-state index contributed by atoms with van der Waals surface area (Å²) in [4.78, 5) is 11.8. The van der Waals surface area contributed by atoms with Crippen molar-refractivity contribution in [1.29, 1.82) is 0 Å². The number of nitrogens with one attached hydrogen (secondary N) is 2. The van der Waals surface area contributed by atoms with Crippen molar-refractivity contribution in [3.8, 4) is 11.5 Å². The highest BCUT2D eigenvalue weighted by Crippen LogP contribution is 2.35. The maximum atomic E-state index is 11.8. The first-order valence-corrected chi connectivity index (χ1v) is 5.81. The summed E-state index contributed by atoms with van der Waals surface area (Å²) >= 11 is 5.98. The van der Waals surface area contributed by atoms with Crippen molar-refractivity contribution in [2.45, 2.75) is 13.0 Å². The Morgan fingerprint density at radius 3 is 2.39 bits per heavy atom. The van der Waals surface area contributed by atoms with Crippen LogP contribution in [0.2, 0.25) is 5.02 Å². The number of carbonyl (C=O) groups excluding carboxylic acids is 1. The zero-order chi connectivity index (χ0) is 13.7. The number of halogens is 1. The summed E-state index contributed by atoms with van der Waals surface area (Å²) in [5, 5.41) is 6.03. The Kier molecular flexibility index (Phi) is 5.25. The van der Waals surface area contributed by atoms with Crippen LogP contribution >= 0.6 is 11.6 Å². The third-order valence-electron chi connectivity index (χ3n) is 2.56. The largest absolute Gasteiger partial charge is 0.495 e. The molecule has 1 unspecified atom stereocenters. The summed E-state index contributed by atoms with van der Waals surface area (Å²) < 4.78 is 10.3. The molecule has 0 aromatic heterocycles. The molecule has 1 atom stereocenters. The summed E-state index contributed by atoms with van der Waals surface area (Å²) in [7, 11) is 4.73. The number of benzene rings is 1. The second-order valence-electron chi connectivity index (χ2n) is 3.69. The van der Waals surface area contributed by atoms with Crippen LogP contribution in [0.25, 0.3) is 0 Å². The summed E-state index contributed by atoms with van der Waals surface area (Å²) in [6.45, 7) is 1.76. The molecule has 0 spiro atoms. The molecular weight excluding hydrogens is 256 g/mol. The van der Waals surface area contributed by atoms with Gasteiger partial charge in [-0.3, -0.25) is 4.79 Å². The maximum Gasteiger partial charge on any atom is 0.241 e. The van der Waals surface area contributed by atoms with E-state index in [1.54, 1.807) is 26.1 Å². The zero-order valence-electron chi connectivity index (χ0n) is 10.8. The number of hydrogen-bond acceptors (Lipinski definition) is 4. The van der Waals surface area contributed by atoms with Crippen molar-refractivity contribution in [1.82, 2.24) is 5.32 Å². The van der Waals surface area contributed by atoms with Gasteiger partial charge in [-0.15, -0.1) is 0 Å². The van der Waals surface area contributed by atoms with E-state index in [2.05, 4.69) is 10.6 Å². The molecule has 0 bridgehead atoms. The second-order valence-corrected chi connectivity index (χ2v) is 4.09. The lowest BCUT2D eigenvalue weighted by Crippen LogP contribution is -2.35. The van der Waals surface area contributed by atoms with Gasteiger partial charge in [0, 0.05) is 12.1 Å². The Morgan fingerprint density at radius 2 is 1.89 bits per heavy atom. The first-order chi connectivity index (χ1) is 8.53. The SMILES string of the molecule is CNC(C)C(=O)Nc1cc(OC)c(Cl)cc1OC. The summed E-state index contributed by atoms with van der Waals surface area (Å²) in [6.07, 6.45) is 0. The Hall–Kier alpha value is -1.46. The highest BCUT2D eigenvalue weighted by molar-refractivity contribution is 6.32. The monoisotopic (exact) mass is 272 g/mol. The second kappa shape index (κ2) is 6.47. The molecular formula is C12H17ClN2O3. The van der Waals surface area contributed by atoms with E-state index >= 15 is 0 Å². The Morgan fingerprint density at radius 1 is 1.28 bits per heavy atom. The third kappa shape index (κ3) is 3.27. The van der Waals surface area contributed by atoms with Crippen LogP contribution in [-0.2, 0) is 4.79 Å². The smallest absolute Gasteiger partial charge is 0.241 e. The molecule has 18 heavy (non-hydrogen) atoms. The molecule has 6 heteroatoms. The fourth-order valence-corrected chi connectivity index (χ4v) is 1.56. The van der Waals surface area contributed by atoms with Gasteiger partial charge in [-0.25, -0.2) is 0 Å². The van der Waals surface area contributed by atoms with Crippen LogP contribution in [0.4, 0.5) is 5.69 Å². The molecule has 0 saturated carbocycles. The average molecular weight is 273 g/mol. The molecule has 0 aliphatic heterocycles. The lowest BCUT2D eigenvalue weighted by atomic mass is 10.2. The third-order valence-corrected chi connectivity index (χ3v) is 2.85. The average Bonchev–Trinajstić information content (AvgIpc) is 2.38. The van der Waals surface area contributed by atoms with Crippen molar-refractivity contribution in [3.05, 3.63) is 17.2 Å². The van der Waals surface area contributed by atoms with Crippen molar-refractivity contribution in [2.75, 3.05) is 26.6 Å². The van der Waals surface area contributed by atoms with E-state index in [9.17, 15) is 4.79 Å². The van der Waals surface area contributed by atoms with Crippen molar-refractivity contribution >= 4 is 23.2 Å². The van der Waals surface area contributed by atoms with Gasteiger partial charge in [0.2, 0.25) is 5.91 Å². The quantitative estimate of drug-likeness (QED) is 0.860. The van der Waals surface area contributed by atoms with Crippen LogP contribution < -0.4 is 20.1 Å². The van der Waals surface area contributed by atoms with Crippen LogP contribution in [-0.4, -0.2) is 33.2 Å². The molecule has 1 amide bonds. The molecule has 1 aromatic carbocycles. The molecule has 5 nitrogen and oxygen atoms in total. The van der Waals surface area contributed by atoms with Crippen molar-refractivity contribution in [3.63, 3.8) is 0 Å². The fraction of sp³-hybridized carbons (Fsp3) is 0.417. The maximum absolute atomic E-state index is 11.8. The lowest BCUT2D eigenvalue weighted by Gasteiger charge is -2.15. The minimum Gasteiger partial charge on any atom is -0.495 e. The summed E-state index contributed by atoms with van der Waals surface area (Å²) in [5.41, 5.74) is 0.519. The van der Waals surface area contributed by atoms with E-state index in [0.717, 1.165) is 0 Å². The number of likely N-dealkylation sites (N-methyl/N-ethyl adjacent to an activating group) is 1. The first kappa shape index (κ1) is 14.6. The van der Waals surface area contributed by atoms with Crippen LogP contribution in [0.3, 0.4) is 0 Å². The molecule has 0 radical (unpaired) electrons. The van der Waals surface area contributed by atoms with Gasteiger partial charge >= 0.3 is 0 Å². The van der Waals surface area contributed by atoms with E-state index < -0.39 is 0 Å². The number of rotatable bonds is 5. The van der Waals surface area contributed by atoms with Gasteiger partial charge in [-0.2, -0.15) is 0 Å². The number of hydrogen-bond donors (Lipinski definition) is 2. The van der Waals surface area contributed by atoms with E-state index in [1.165, 1.54) is 14.2 Å². The first-order valence-electron chi connectivity index (χ1n) is 5.43. The topological polar surface area (TPSA) is 59.6 Å². The highest BCUT2D eigenvalue weighted by atomic mass is 35.5. The molecule has 0 heterocycles. The van der Waals surface area contributed by atoms with Gasteiger partial charge in [0.05, 0.1) is 31.0 Å². The van der Waals surface area contributed by atoms with Gasteiger partial charge in [-0.05, 0) is 14.0 Å². The Balaban J connectivity index is 3.03. The van der Waals surface area contributed by atoms with E-state index in [4.69, 9.17) is 21.1 Å². The number of anilines is 1. The van der Waals surface area contributed by atoms with E-state index in [-0.39, 0.29) is 11.9 Å². The Labute approximate surface area is 111 Å². The number of amides is 1. The van der Waals surface area contributed by atoms with Gasteiger partial charge in [0.1, 0.15) is 11.5 Å². The van der Waals surface area contributed by atoms with Crippen molar-refractivity contribution < 1.29 is 14.3 Å². The molecule has 0 aliphatic carbocycles. The van der Waals surface area contributed by atoms with Gasteiger partial charge in [-0.1, -0.05) is 11.6 Å². The molecule has 1 aromatic rings. The summed E-state index contributed by atoms with van der Waals surface area (Å²) in [6, 6.07) is 2.91. The zero-order valence-corrected chi connectivity index (χ0v) is 11.6. The molecule has 0 fully saturated rings. The minimum atomic E-state index is -0.309. The van der Waals surface area contributed by atoms with Crippen LogP contribution in [0.5, 0.6) is 11.5 Å². The highest BCUT2D eigenvalue weighted by Gasteiger charge is 2.15. The predicted molar refractivity (Wildman–Crippen MR) is 71.7 cm³/mol. The van der Waals surface area contributed by atoms with Gasteiger partial charge in [0.25, 0.3) is 0 Å². The molecule has 0 saturated heterocycles. The Bertz CT molecular complexity index is 438. The summed E-state index contributed by atoms with van der Waals surface area (Å²) in [5.74, 6) is 0.794. The van der Waals surface area contributed by atoms with Gasteiger partial charge < -0.3 is 20.1 Å². The van der Waals surface area contributed by atoms with Crippen LogP contribution in [0.15, 0.2) is 12.1 Å². The number of methoxy groups -OCH3 is 2. The predicted octanol–water partition coefficient (Wildman–Crippen LogP) is 1.90. The fourth-order valence-electron chi connectivity index (χ4n) is 1.33. The number of ether oxygens (including phenoxy) is 2. The lowest BCUT2D eigenvalue weighted by molar-refractivity contribution is -0.117. The van der Waals surface area contributed by atoms with E-state index in [0.29, 0.717) is 22.2 Å². The molecule has 100 valence electrons. The molecule has 2 N–H and O–H groups in total. The normalized spacial score (nSPS) is 11.8. The van der Waals surface area contributed by atoms with Crippen molar-refractivity contribution in [2.24, 2.45) is 0 Å². The minimum absolute atomic E-state index is 0.167. The molecule has 0 aliphatic rings.